The quantitative estimate of drug-likeness (QED) is 0.468. The molecule has 0 aliphatic carbocycles. The minimum Gasteiger partial charge on any atom is -0.355 e. The number of thioether (sulfide) groups is 1. The molecule has 1 atom stereocenters. The molecule has 0 aliphatic heterocycles. The van der Waals surface area contributed by atoms with E-state index < -0.39 is 0 Å². The van der Waals surface area contributed by atoms with Gasteiger partial charge >= 0.3 is 0 Å². The van der Waals surface area contributed by atoms with Crippen molar-refractivity contribution in [3.8, 4) is 0 Å². The van der Waals surface area contributed by atoms with Gasteiger partial charge in [-0.2, -0.15) is 5.10 Å². The Labute approximate surface area is 146 Å². The molecule has 2 rings (SSSR count). The number of carbonyl (C=O) groups excluding carboxylic acids is 1. The molecule has 1 amide bonds. The summed E-state index contributed by atoms with van der Waals surface area (Å²) in [4.78, 5) is 25.2. The first-order chi connectivity index (χ1) is 11.3. The molecule has 0 saturated carbocycles. The van der Waals surface area contributed by atoms with Gasteiger partial charge in [-0.25, -0.2) is 15.0 Å². The molecule has 8 heteroatoms. The number of hydrogen-bond donors (Lipinski definition) is 1. The van der Waals surface area contributed by atoms with E-state index in [9.17, 15) is 4.79 Å². The number of nitrogens with zero attached hydrogens (tertiary/aromatic N) is 5. The van der Waals surface area contributed by atoms with E-state index in [0.29, 0.717) is 11.7 Å². The first-order valence-electron chi connectivity index (χ1n) is 8.00. The van der Waals surface area contributed by atoms with E-state index in [1.54, 1.807) is 0 Å². The van der Waals surface area contributed by atoms with Crippen LogP contribution in [0.2, 0.25) is 0 Å². The Morgan fingerprint density at radius 3 is 2.46 bits per heavy atom. The summed E-state index contributed by atoms with van der Waals surface area (Å²) >= 11 is 1.38. The van der Waals surface area contributed by atoms with Crippen LogP contribution in [0.5, 0.6) is 0 Å². The minimum atomic E-state index is -0.235. The maximum atomic E-state index is 12.2. The number of amides is 1. The number of rotatable bonds is 7. The molecule has 1 N–H and O–H groups in total. The third-order valence-electron chi connectivity index (χ3n) is 3.42. The van der Waals surface area contributed by atoms with Crippen LogP contribution in [0.3, 0.4) is 0 Å². The molecule has 0 spiro atoms. The summed E-state index contributed by atoms with van der Waals surface area (Å²) in [5, 5.41) is 7.67. The number of nitrogens with one attached hydrogen (secondary N) is 1. The standard InChI is InChI=1S/C16H24N6OS/c1-10-9-11(2)19-16(18-10)24-12(3)15(23)17-7-6-8-22-14(5)20-13(4)21-22/h9,12H,6-8H2,1-5H3,(H,17,23)/t12-/m1/s1. The zero-order valence-corrected chi connectivity index (χ0v) is 15.6. The number of aryl methyl sites for hydroxylation is 5. The van der Waals surface area contributed by atoms with Crippen LogP contribution in [0.15, 0.2) is 11.2 Å². The summed E-state index contributed by atoms with van der Waals surface area (Å²) in [5.41, 5.74) is 1.83. The Hall–Kier alpha value is -1.96. The van der Waals surface area contributed by atoms with Crippen LogP contribution in [0, 0.1) is 27.7 Å². The second kappa shape index (κ2) is 8.23. The van der Waals surface area contributed by atoms with Gasteiger partial charge in [0.05, 0.1) is 5.25 Å². The van der Waals surface area contributed by atoms with E-state index in [2.05, 4.69) is 25.4 Å². The first-order valence-corrected chi connectivity index (χ1v) is 8.88. The van der Waals surface area contributed by atoms with E-state index in [4.69, 9.17) is 0 Å². The van der Waals surface area contributed by atoms with Crippen LogP contribution in [0.25, 0.3) is 0 Å². The summed E-state index contributed by atoms with van der Waals surface area (Å²) in [5.74, 6) is 1.67. The maximum Gasteiger partial charge on any atom is 0.233 e. The van der Waals surface area contributed by atoms with Crippen molar-refractivity contribution in [2.24, 2.45) is 0 Å². The summed E-state index contributed by atoms with van der Waals surface area (Å²) < 4.78 is 1.86. The molecule has 24 heavy (non-hydrogen) atoms. The van der Waals surface area contributed by atoms with Crippen LogP contribution in [-0.2, 0) is 11.3 Å². The molecular weight excluding hydrogens is 324 g/mol. The van der Waals surface area contributed by atoms with Crippen molar-refractivity contribution < 1.29 is 4.79 Å². The minimum absolute atomic E-state index is 0.00532. The van der Waals surface area contributed by atoms with Gasteiger partial charge in [0.15, 0.2) is 5.16 Å². The van der Waals surface area contributed by atoms with E-state index in [-0.39, 0.29) is 11.2 Å². The molecule has 0 saturated heterocycles. The van der Waals surface area contributed by atoms with E-state index in [1.807, 2.05) is 45.4 Å². The van der Waals surface area contributed by atoms with Crippen LogP contribution < -0.4 is 5.32 Å². The van der Waals surface area contributed by atoms with Crippen LogP contribution in [0.4, 0.5) is 0 Å². The predicted molar refractivity (Wildman–Crippen MR) is 93.9 cm³/mol. The van der Waals surface area contributed by atoms with E-state index >= 15 is 0 Å². The van der Waals surface area contributed by atoms with Crippen molar-refractivity contribution in [2.45, 2.75) is 58.0 Å². The lowest BCUT2D eigenvalue weighted by atomic mass is 10.4. The molecule has 130 valence electrons. The lowest BCUT2D eigenvalue weighted by Gasteiger charge is -2.12. The highest BCUT2D eigenvalue weighted by molar-refractivity contribution is 8.00. The Morgan fingerprint density at radius 1 is 1.21 bits per heavy atom. The highest BCUT2D eigenvalue weighted by Gasteiger charge is 2.16. The molecule has 0 aliphatic rings. The SMILES string of the molecule is Cc1cc(C)nc(S[C@H](C)C(=O)NCCCn2nc(C)nc2C)n1. The van der Waals surface area contributed by atoms with Gasteiger partial charge in [0.25, 0.3) is 0 Å². The van der Waals surface area contributed by atoms with Crippen molar-refractivity contribution in [3.63, 3.8) is 0 Å². The number of hydrogen-bond acceptors (Lipinski definition) is 6. The summed E-state index contributed by atoms with van der Waals surface area (Å²) in [6.45, 7) is 10.9. The summed E-state index contributed by atoms with van der Waals surface area (Å²) in [7, 11) is 0. The summed E-state index contributed by atoms with van der Waals surface area (Å²) in [6.07, 6.45) is 0.812. The summed E-state index contributed by atoms with van der Waals surface area (Å²) in [6, 6.07) is 1.92. The fraction of sp³-hybridized carbons (Fsp3) is 0.562. The highest BCUT2D eigenvalue weighted by Crippen LogP contribution is 2.20. The monoisotopic (exact) mass is 348 g/mol. The number of aromatic nitrogens is 5. The largest absolute Gasteiger partial charge is 0.355 e. The van der Waals surface area contributed by atoms with Crippen LogP contribution >= 0.6 is 11.8 Å². The van der Waals surface area contributed by atoms with Gasteiger partial charge in [-0.3, -0.25) is 9.48 Å². The average molecular weight is 348 g/mol. The molecule has 0 fully saturated rings. The van der Waals surface area contributed by atoms with Crippen LogP contribution in [0.1, 0.15) is 36.4 Å². The van der Waals surface area contributed by atoms with Crippen LogP contribution in [-0.4, -0.2) is 42.4 Å². The van der Waals surface area contributed by atoms with Gasteiger partial charge < -0.3 is 5.32 Å². The molecule has 2 aromatic heterocycles. The Morgan fingerprint density at radius 2 is 1.88 bits per heavy atom. The van der Waals surface area contributed by atoms with Gasteiger partial charge in [-0.15, -0.1) is 0 Å². The van der Waals surface area contributed by atoms with Crippen molar-refractivity contribution >= 4 is 17.7 Å². The average Bonchev–Trinajstić information content (AvgIpc) is 2.80. The molecule has 0 radical (unpaired) electrons. The Bertz CT molecular complexity index is 694. The zero-order valence-electron chi connectivity index (χ0n) is 14.8. The molecule has 0 unspecified atom stereocenters. The predicted octanol–water partition coefficient (Wildman–Crippen LogP) is 1.99. The van der Waals surface area contributed by atoms with Crippen molar-refractivity contribution in [3.05, 3.63) is 29.1 Å². The third-order valence-corrected chi connectivity index (χ3v) is 4.38. The smallest absolute Gasteiger partial charge is 0.233 e. The molecule has 2 aromatic rings. The fourth-order valence-corrected chi connectivity index (χ4v) is 3.22. The van der Waals surface area contributed by atoms with Crippen molar-refractivity contribution in [1.82, 2.24) is 30.0 Å². The van der Waals surface area contributed by atoms with Gasteiger partial charge in [-0.1, -0.05) is 11.8 Å². The highest BCUT2D eigenvalue weighted by atomic mass is 32.2. The van der Waals surface area contributed by atoms with Crippen molar-refractivity contribution in [1.29, 1.82) is 0 Å². The second-order valence-electron chi connectivity index (χ2n) is 5.77. The van der Waals surface area contributed by atoms with Crippen molar-refractivity contribution in [2.75, 3.05) is 6.54 Å². The maximum absolute atomic E-state index is 12.2. The van der Waals surface area contributed by atoms with Gasteiger partial charge in [0, 0.05) is 24.5 Å². The lowest BCUT2D eigenvalue weighted by Crippen LogP contribution is -2.32. The zero-order chi connectivity index (χ0) is 17.7. The van der Waals surface area contributed by atoms with Gasteiger partial charge in [-0.05, 0) is 47.1 Å². The molecular formula is C16H24N6OS. The Kier molecular flexibility index (Phi) is 6.30. The second-order valence-corrected chi connectivity index (χ2v) is 7.08. The first kappa shape index (κ1) is 18.4. The molecule has 0 aromatic carbocycles. The number of carbonyl (C=O) groups is 1. The Balaban J connectivity index is 1.76. The molecule has 7 nitrogen and oxygen atoms in total. The fourth-order valence-electron chi connectivity index (χ4n) is 2.32. The van der Waals surface area contributed by atoms with E-state index in [0.717, 1.165) is 36.0 Å². The normalized spacial score (nSPS) is 12.2. The van der Waals surface area contributed by atoms with Gasteiger partial charge in [0.2, 0.25) is 5.91 Å². The van der Waals surface area contributed by atoms with Gasteiger partial charge in [0.1, 0.15) is 11.6 Å². The lowest BCUT2D eigenvalue weighted by molar-refractivity contribution is -0.120. The molecule has 2 heterocycles. The third kappa shape index (κ3) is 5.30. The van der Waals surface area contributed by atoms with E-state index in [1.165, 1.54) is 11.8 Å². The molecule has 0 bridgehead atoms. The topological polar surface area (TPSA) is 85.6 Å².